The number of benzene rings is 1. The molecule has 0 aromatic heterocycles. The van der Waals surface area contributed by atoms with Crippen LogP contribution in [0.25, 0.3) is 0 Å². The van der Waals surface area contributed by atoms with Gasteiger partial charge in [0, 0.05) is 6.04 Å². The second kappa shape index (κ2) is 3.97. The predicted molar refractivity (Wildman–Crippen MR) is 49.0 cm³/mol. The minimum absolute atomic E-state index is 0.218. The van der Waals surface area contributed by atoms with Gasteiger partial charge in [0.25, 0.3) is 0 Å². The molecule has 0 fully saturated rings. The maximum absolute atomic E-state index is 10.3. The fraction of sp³-hybridized carbons (Fsp3) is 0.222. The van der Waals surface area contributed by atoms with Crippen molar-refractivity contribution in [2.75, 3.05) is 0 Å². The van der Waals surface area contributed by atoms with Crippen molar-refractivity contribution in [1.29, 1.82) is 0 Å². The first kappa shape index (κ1) is 10.3. The average Bonchev–Trinajstić information content (AvgIpc) is 2.08. The van der Waals surface area contributed by atoms with Crippen molar-refractivity contribution in [2.24, 2.45) is 5.73 Å². The van der Waals surface area contributed by atoms with Crippen LogP contribution in [-0.4, -0.2) is 21.3 Å². The normalized spacial score (nSPS) is 12.4. The Morgan fingerprint density at radius 2 is 2.00 bits per heavy atom. The first-order valence-corrected chi connectivity index (χ1v) is 4.00. The van der Waals surface area contributed by atoms with Gasteiger partial charge in [0.1, 0.15) is 0 Å². The fourth-order valence-electron chi connectivity index (χ4n) is 1.08. The quantitative estimate of drug-likeness (QED) is 0.530. The lowest BCUT2D eigenvalue weighted by molar-refractivity contribution is -0.137. The Morgan fingerprint density at radius 1 is 1.36 bits per heavy atom. The molecule has 0 bridgehead atoms. The van der Waals surface area contributed by atoms with Gasteiger partial charge in [-0.3, -0.25) is 4.79 Å². The summed E-state index contributed by atoms with van der Waals surface area (Å²) in [5.41, 5.74) is 6.02. The van der Waals surface area contributed by atoms with Crippen LogP contribution < -0.4 is 5.73 Å². The number of carboxylic acid groups (broad SMARTS) is 1. The number of aromatic hydroxyl groups is 2. The Hall–Kier alpha value is -1.75. The molecule has 0 aliphatic rings. The number of hydrogen-bond donors (Lipinski definition) is 4. The summed E-state index contributed by atoms with van der Waals surface area (Å²) in [5.74, 6) is -1.57. The molecule has 0 aliphatic heterocycles. The number of nitrogens with two attached hydrogens (primary N) is 1. The smallest absolute Gasteiger partial charge is 0.305 e. The molecule has 0 saturated heterocycles. The first-order chi connectivity index (χ1) is 6.50. The Balaban J connectivity index is 2.85. The van der Waals surface area contributed by atoms with Gasteiger partial charge < -0.3 is 21.1 Å². The Bertz CT molecular complexity index is 351. The molecule has 0 spiro atoms. The zero-order chi connectivity index (χ0) is 10.7. The van der Waals surface area contributed by atoms with Gasteiger partial charge in [-0.05, 0) is 17.7 Å². The van der Waals surface area contributed by atoms with E-state index in [0.29, 0.717) is 5.56 Å². The van der Waals surface area contributed by atoms with E-state index < -0.39 is 12.0 Å². The van der Waals surface area contributed by atoms with E-state index in [2.05, 4.69) is 0 Å². The second-order valence-electron chi connectivity index (χ2n) is 2.95. The molecule has 0 radical (unpaired) electrons. The minimum Gasteiger partial charge on any atom is -0.504 e. The van der Waals surface area contributed by atoms with E-state index in [9.17, 15) is 4.79 Å². The van der Waals surface area contributed by atoms with Crippen LogP contribution in [0.4, 0.5) is 0 Å². The van der Waals surface area contributed by atoms with Gasteiger partial charge in [0.15, 0.2) is 11.5 Å². The number of phenolic OH excluding ortho intramolecular Hbond substituents is 2. The molecule has 0 unspecified atom stereocenters. The molecule has 1 rings (SSSR count). The van der Waals surface area contributed by atoms with E-state index in [1.165, 1.54) is 18.2 Å². The van der Waals surface area contributed by atoms with Gasteiger partial charge >= 0.3 is 5.97 Å². The van der Waals surface area contributed by atoms with Crippen molar-refractivity contribution in [2.45, 2.75) is 12.5 Å². The summed E-state index contributed by atoms with van der Waals surface area (Å²) in [5, 5.41) is 26.6. The van der Waals surface area contributed by atoms with E-state index in [-0.39, 0.29) is 17.9 Å². The first-order valence-electron chi connectivity index (χ1n) is 4.00. The van der Waals surface area contributed by atoms with Crippen LogP contribution in [0, 0.1) is 0 Å². The third kappa shape index (κ3) is 2.37. The molecular weight excluding hydrogens is 186 g/mol. The van der Waals surface area contributed by atoms with Crippen molar-refractivity contribution in [3.8, 4) is 11.5 Å². The minimum atomic E-state index is -1.01. The molecule has 14 heavy (non-hydrogen) atoms. The van der Waals surface area contributed by atoms with Gasteiger partial charge in [0.05, 0.1) is 6.42 Å². The van der Waals surface area contributed by atoms with Crippen LogP contribution in [0.2, 0.25) is 0 Å². The third-order valence-corrected chi connectivity index (χ3v) is 1.82. The molecule has 5 N–H and O–H groups in total. The standard InChI is InChI=1S/C9H11NO4/c10-6(4-9(13)14)5-1-2-7(11)8(12)3-5/h1-3,6,11-12H,4,10H2,(H,13,14)/t6-/m0/s1. The van der Waals surface area contributed by atoms with Gasteiger partial charge in [-0.2, -0.15) is 0 Å². The molecule has 1 aromatic carbocycles. The zero-order valence-corrected chi connectivity index (χ0v) is 7.34. The molecule has 76 valence electrons. The average molecular weight is 197 g/mol. The summed E-state index contributed by atoms with van der Waals surface area (Å²) in [7, 11) is 0. The topological polar surface area (TPSA) is 104 Å². The summed E-state index contributed by atoms with van der Waals surface area (Å²) in [6, 6.07) is 3.32. The van der Waals surface area contributed by atoms with Gasteiger partial charge in [-0.1, -0.05) is 6.07 Å². The molecular formula is C9H11NO4. The van der Waals surface area contributed by atoms with E-state index in [0.717, 1.165) is 0 Å². The Kier molecular flexibility index (Phi) is 2.93. The number of phenols is 2. The molecule has 0 saturated carbocycles. The highest BCUT2D eigenvalue weighted by molar-refractivity contribution is 5.68. The Labute approximate surface area is 80.4 Å². The second-order valence-corrected chi connectivity index (χ2v) is 2.95. The SMILES string of the molecule is N[C@@H](CC(=O)O)c1ccc(O)c(O)c1. The van der Waals surface area contributed by atoms with Crippen LogP contribution in [0.1, 0.15) is 18.0 Å². The van der Waals surface area contributed by atoms with Crippen molar-refractivity contribution in [1.82, 2.24) is 0 Å². The van der Waals surface area contributed by atoms with Crippen molar-refractivity contribution >= 4 is 5.97 Å². The van der Waals surface area contributed by atoms with Crippen LogP contribution in [0.15, 0.2) is 18.2 Å². The summed E-state index contributed by atoms with van der Waals surface area (Å²) >= 11 is 0. The Morgan fingerprint density at radius 3 is 2.50 bits per heavy atom. The lowest BCUT2D eigenvalue weighted by atomic mass is 10.0. The molecule has 1 atom stereocenters. The lowest BCUT2D eigenvalue weighted by Gasteiger charge is -2.09. The third-order valence-electron chi connectivity index (χ3n) is 1.82. The number of aliphatic carboxylic acids is 1. The maximum Gasteiger partial charge on any atom is 0.305 e. The highest BCUT2D eigenvalue weighted by Crippen LogP contribution is 2.27. The van der Waals surface area contributed by atoms with E-state index in [1.54, 1.807) is 0 Å². The number of carbonyl (C=O) groups is 1. The number of rotatable bonds is 3. The molecule has 5 nitrogen and oxygen atoms in total. The summed E-state index contributed by atoms with van der Waals surface area (Å²) in [6.45, 7) is 0. The van der Waals surface area contributed by atoms with Gasteiger partial charge in [-0.25, -0.2) is 0 Å². The monoisotopic (exact) mass is 197 g/mol. The van der Waals surface area contributed by atoms with Crippen molar-refractivity contribution in [3.63, 3.8) is 0 Å². The summed E-state index contributed by atoms with van der Waals surface area (Å²) in [4.78, 5) is 10.3. The maximum atomic E-state index is 10.3. The largest absolute Gasteiger partial charge is 0.504 e. The van der Waals surface area contributed by atoms with Crippen LogP contribution in [-0.2, 0) is 4.79 Å². The molecule has 1 aromatic rings. The fourth-order valence-corrected chi connectivity index (χ4v) is 1.08. The molecule has 5 heteroatoms. The van der Waals surface area contributed by atoms with Gasteiger partial charge in [-0.15, -0.1) is 0 Å². The van der Waals surface area contributed by atoms with E-state index in [4.69, 9.17) is 21.1 Å². The number of carboxylic acids is 1. The van der Waals surface area contributed by atoms with E-state index in [1.807, 2.05) is 0 Å². The summed E-state index contributed by atoms with van der Waals surface area (Å²) < 4.78 is 0. The highest BCUT2D eigenvalue weighted by Gasteiger charge is 2.12. The van der Waals surface area contributed by atoms with E-state index >= 15 is 0 Å². The van der Waals surface area contributed by atoms with Crippen LogP contribution in [0.5, 0.6) is 11.5 Å². The zero-order valence-electron chi connectivity index (χ0n) is 7.34. The molecule has 0 heterocycles. The lowest BCUT2D eigenvalue weighted by Crippen LogP contribution is -2.14. The number of hydrogen-bond acceptors (Lipinski definition) is 4. The van der Waals surface area contributed by atoms with Crippen molar-refractivity contribution < 1.29 is 20.1 Å². The van der Waals surface area contributed by atoms with Crippen molar-refractivity contribution in [3.05, 3.63) is 23.8 Å². The highest BCUT2D eigenvalue weighted by atomic mass is 16.4. The molecule has 0 aliphatic carbocycles. The van der Waals surface area contributed by atoms with Crippen LogP contribution >= 0.6 is 0 Å². The van der Waals surface area contributed by atoms with Crippen LogP contribution in [0.3, 0.4) is 0 Å². The van der Waals surface area contributed by atoms with Gasteiger partial charge in [0.2, 0.25) is 0 Å². The summed E-state index contributed by atoms with van der Waals surface area (Å²) in [6.07, 6.45) is -0.218. The molecule has 0 amide bonds. The predicted octanol–water partition coefficient (Wildman–Crippen LogP) is 0.572.